The molecule has 152 valence electrons. The van der Waals surface area contributed by atoms with Gasteiger partial charge in [0.1, 0.15) is 0 Å². The van der Waals surface area contributed by atoms with E-state index in [1.165, 1.54) is 10.2 Å². The minimum atomic E-state index is -0.339. The molecule has 0 saturated carbocycles. The van der Waals surface area contributed by atoms with Gasteiger partial charge in [0.2, 0.25) is 5.91 Å². The van der Waals surface area contributed by atoms with E-state index in [1.807, 2.05) is 18.2 Å². The number of halogens is 1. The topological polar surface area (TPSA) is 110 Å². The minimum Gasteiger partial charge on any atom is -0.399 e. The average molecular weight is 415 g/mol. The van der Waals surface area contributed by atoms with Crippen LogP contribution in [-0.2, 0) is 17.8 Å². The first-order valence-electron chi connectivity index (χ1n) is 9.42. The second-order valence-electron chi connectivity index (χ2n) is 7.16. The first kappa shape index (κ1) is 20.7. The second kappa shape index (κ2) is 8.53. The number of benzene rings is 2. The van der Waals surface area contributed by atoms with Crippen LogP contribution in [0.3, 0.4) is 0 Å². The van der Waals surface area contributed by atoms with Crippen LogP contribution in [-0.4, -0.2) is 15.7 Å². The summed E-state index contributed by atoms with van der Waals surface area (Å²) >= 11 is 0. The Morgan fingerprint density at radius 2 is 1.93 bits per heavy atom. The number of anilines is 1. The number of fused-ring (bicyclic) bond motifs is 2. The molecule has 0 saturated heterocycles. The van der Waals surface area contributed by atoms with Crippen LogP contribution in [0.2, 0.25) is 0 Å². The predicted molar refractivity (Wildman–Crippen MR) is 115 cm³/mol. The number of aromatic nitrogens is 2. The van der Waals surface area contributed by atoms with Crippen molar-refractivity contribution in [3.8, 4) is 0 Å². The molecule has 1 unspecified atom stereocenters. The molecule has 0 aliphatic heterocycles. The van der Waals surface area contributed by atoms with Crippen LogP contribution >= 0.6 is 12.4 Å². The maximum Gasteiger partial charge on any atom is 0.273 e. The van der Waals surface area contributed by atoms with Crippen LogP contribution in [0.25, 0.3) is 10.8 Å². The van der Waals surface area contributed by atoms with Crippen molar-refractivity contribution in [2.24, 2.45) is 0 Å². The summed E-state index contributed by atoms with van der Waals surface area (Å²) < 4.78 is 1.21. The number of nitrogens with two attached hydrogens (primary N) is 1. The Bertz CT molecular complexity index is 1170. The van der Waals surface area contributed by atoms with E-state index in [0.29, 0.717) is 10.8 Å². The Labute approximate surface area is 173 Å². The van der Waals surface area contributed by atoms with E-state index < -0.39 is 0 Å². The fourth-order valence-corrected chi connectivity index (χ4v) is 3.87. The Balaban J connectivity index is 0.00000240. The summed E-state index contributed by atoms with van der Waals surface area (Å²) in [5.74, 6) is -0.157. The van der Waals surface area contributed by atoms with Crippen molar-refractivity contribution >= 4 is 34.8 Å². The Hall–Kier alpha value is -3.06. The summed E-state index contributed by atoms with van der Waals surface area (Å²) in [6.45, 7) is 0.117. The van der Waals surface area contributed by atoms with E-state index in [4.69, 9.17) is 5.73 Å². The molecule has 1 amide bonds. The Kier molecular flexibility index (Phi) is 6.08. The molecule has 1 aliphatic rings. The number of aryl methyl sites for hydroxylation is 2. The molecule has 8 heteroatoms. The Morgan fingerprint density at radius 1 is 1.17 bits per heavy atom. The van der Waals surface area contributed by atoms with Crippen LogP contribution in [0, 0.1) is 0 Å². The third kappa shape index (κ3) is 4.19. The number of hydrogen-bond acceptors (Lipinski definition) is 4. The second-order valence-corrected chi connectivity index (χ2v) is 7.16. The summed E-state index contributed by atoms with van der Waals surface area (Å²) in [5.41, 5.74) is 8.22. The molecule has 1 aromatic heterocycles. The van der Waals surface area contributed by atoms with Crippen molar-refractivity contribution in [3.63, 3.8) is 0 Å². The van der Waals surface area contributed by atoms with Gasteiger partial charge in [0.15, 0.2) is 0 Å². The van der Waals surface area contributed by atoms with Gasteiger partial charge in [0.05, 0.1) is 23.4 Å². The summed E-state index contributed by atoms with van der Waals surface area (Å²) in [6, 6.07) is 12.4. The number of carbonyl (C=O) groups excluding carboxylic acids is 1. The number of amides is 1. The van der Waals surface area contributed by atoms with E-state index in [2.05, 4.69) is 10.4 Å². The van der Waals surface area contributed by atoms with Crippen LogP contribution in [0.1, 0.15) is 36.4 Å². The van der Waals surface area contributed by atoms with Crippen LogP contribution in [0.15, 0.2) is 52.1 Å². The number of hydrogen-bond donors (Lipinski definition) is 3. The molecule has 1 heterocycles. The molecule has 0 fully saturated rings. The first-order chi connectivity index (χ1) is 13.5. The largest absolute Gasteiger partial charge is 0.399 e. The zero-order valence-electron chi connectivity index (χ0n) is 15.8. The van der Waals surface area contributed by atoms with Crippen LogP contribution < -0.4 is 22.2 Å². The van der Waals surface area contributed by atoms with E-state index >= 15 is 0 Å². The first-order valence-corrected chi connectivity index (χ1v) is 9.42. The predicted octanol–water partition coefficient (Wildman–Crippen LogP) is 2.28. The zero-order valence-corrected chi connectivity index (χ0v) is 16.6. The lowest BCUT2D eigenvalue weighted by molar-refractivity contribution is -0.122. The molecular formula is C21H23ClN4O3. The SMILES string of the molecule is Cl.Nc1ccc2c(c1)CCCC2NC(=O)CCn1[nH]c(=O)c2ccccc2c1=O. The smallest absolute Gasteiger partial charge is 0.273 e. The fraction of sp³-hybridized carbons (Fsp3) is 0.286. The van der Waals surface area contributed by atoms with Gasteiger partial charge in [-0.25, -0.2) is 4.68 Å². The van der Waals surface area contributed by atoms with E-state index in [-0.39, 0.29) is 48.4 Å². The summed E-state index contributed by atoms with van der Waals surface area (Å²) in [7, 11) is 0. The highest BCUT2D eigenvalue weighted by Crippen LogP contribution is 2.30. The number of nitrogens with one attached hydrogen (secondary N) is 2. The van der Waals surface area contributed by atoms with Crippen molar-refractivity contribution in [1.29, 1.82) is 0 Å². The number of carbonyl (C=O) groups is 1. The van der Waals surface area contributed by atoms with Crippen LogP contribution in [0.5, 0.6) is 0 Å². The van der Waals surface area contributed by atoms with E-state index in [1.54, 1.807) is 24.3 Å². The molecule has 1 aliphatic carbocycles. The fourth-order valence-electron chi connectivity index (χ4n) is 3.87. The molecule has 4 N–H and O–H groups in total. The van der Waals surface area contributed by atoms with Gasteiger partial charge in [-0.05, 0) is 54.7 Å². The highest BCUT2D eigenvalue weighted by molar-refractivity contribution is 5.85. The third-order valence-electron chi connectivity index (χ3n) is 5.26. The molecule has 0 spiro atoms. The maximum atomic E-state index is 12.5. The average Bonchev–Trinajstić information content (AvgIpc) is 2.69. The van der Waals surface area contributed by atoms with Gasteiger partial charge in [-0.3, -0.25) is 19.5 Å². The zero-order chi connectivity index (χ0) is 19.7. The number of H-pyrrole nitrogens is 1. The van der Waals surface area contributed by atoms with Crippen molar-refractivity contribution in [2.75, 3.05) is 5.73 Å². The number of rotatable bonds is 4. The summed E-state index contributed by atoms with van der Waals surface area (Å²) in [4.78, 5) is 37.2. The van der Waals surface area contributed by atoms with Crippen LogP contribution in [0.4, 0.5) is 5.69 Å². The molecule has 1 atom stereocenters. The molecule has 3 aromatic rings. The molecule has 7 nitrogen and oxygen atoms in total. The number of nitrogens with zero attached hydrogens (tertiary/aromatic N) is 1. The van der Waals surface area contributed by atoms with Crippen molar-refractivity contribution in [1.82, 2.24) is 15.1 Å². The molecule has 29 heavy (non-hydrogen) atoms. The van der Waals surface area contributed by atoms with Crippen molar-refractivity contribution in [3.05, 3.63) is 74.3 Å². The highest BCUT2D eigenvalue weighted by atomic mass is 35.5. The number of aromatic amines is 1. The number of nitrogen functional groups attached to an aromatic ring is 1. The van der Waals surface area contributed by atoms with Gasteiger partial charge in [0, 0.05) is 12.1 Å². The van der Waals surface area contributed by atoms with Crippen molar-refractivity contribution < 1.29 is 4.79 Å². The van der Waals surface area contributed by atoms with Gasteiger partial charge >= 0.3 is 0 Å². The Morgan fingerprint density at radius 3 is 2.72 bits per heavy atom. The maximum absolute atomic E-state index is 12.5. The molecule has 0 bridgehead atoms. The lowest BCUT2D eigenvalue weighted by Crippen LogP contribution is -2.34. The van der Waals surface area contributed by atoms with E-state index in [0.717, 1.165) is 30.5 Å². The lowest BCUT2D eigenvalue weighted by atomic mass is 9.87. The molecule has 0 radical (unpaired) electrons. The molecule has 4 rings (SSSR count). The van der Waals surface area contributed by atoms with Gasteiger partial charge in [-0.1, -0.05) is 18.2 Å². The van der Waals surface area contributed by atoms with Gasteiger partial charge in [0.25, 0.3) is 11.1 Å². The van der Waals surface area contributed by atoms with Gasteiger partial charge < -0.3 is 11.1 Å². The van der Waals surface area contributed by atoms with Crippen molar-refractivity contribution in [2.45, 2.75) is 38.3 Å². The normalized spacial score (nSPS) is 15.4. The van der Waals surface area contributed by atoms with Gasteiger partial charge in [-0.2, -0.15) is 0 Å². The standard InChI is InChI=1S/C21H22N4O3.ClH/c22-14-8-9-15-13(12-14)4-3-7-18(15)23-19(26)10-11-25-21(28)17-6-2-1-5-16(17)20(27)24-25;/h1-2,5-6,8-9,12,18H,3-4,7,10-11,22H2,(H,23,26)(H,24,27);1H. The van der Waals surface area contributed by atoms with Gasteiger partial charge in [-0.15, -0.1) is 12.4 Å². The monoisotopic (exact) mass is 414 g/mol. The lowest BCUT2D eigenvalue weighted by Gasteiger charge is -2.26. The molecular weight excluding hydrogens is 392 g/mol. The quantitative estimate of drug-likeness (QED) is 0.569. The molecule has 2 aromatic carbocycles. The highest BCUT2D eigenvalue weighted by Gasteiger charge is 2.22. The van der Waals surface area contributed by atoms with E-state index in [9.17, 15) is 14.4 Å². The summed E-state index contributed by atoms with van der Waals surface area (Å²) in [5, 5.41) is 6.31. The minimum absolute atomic E-state index is 0. The third-order valence-corrected chi connectivity index (χ3v) is 5.26. The summed E-state index contributed by atoms with van der Waals surface area (Å²) in [6.07, 6.45) is 2.92.